The molecule has 1 aliphatic rings. The average molecular weight is 219 g/mol. The second kappa shape index (κ2) is 4.85. The van der Waals surface area contributed by atoms with E-state index in [0.717, 1.165) is 25.2 Å². The lowest BCUT2D eigenvalue weighted by Gasteiger charge is -2.30. The minimum absolute atomic E-state index is 0.458. The first-order chi connectivity index (χ1) is 7.70. The molecule has 2 rings (SSSR count). The number of hydrogen-bond donors (Lipinski definition) is 3. The standard InChI is InChI=1S/C13H21N3/c1-9-2-3-11(15)7-13(9)10-4-5-16-12(6-10)8-14/h2-3,7,10,12,16H,4-6,8,14-15H2,1H3. The number of aryl methyl sites for hydroxylation is 1. The molecule has 3 nitrogen and oxygen atoms in total. The maximum absolute atomic E-state index is 5.86. The van der Waals surface area contributed by atoms with Crippen LogP contribution in [0.3, 0.4) is 0 Å². The molecule has 5 N–H and O–H groups in total. The van der Waals surface area contributed by atoms with Gasteiger partial charge < -0.3 is 16.8 Å². The van der Waals surface area contributed by atoms with Crippen LogP contribution in [-0.2, 0) is 0 Å². The van der Waals surface area contributed by atoms with Crippen molar-refractivity contribution in [3.05, 3.63) is 29.3 Å². The second-order valence-electron chi connectivity index (χ2n) is 4.72. The first-order valence-corrected chi connectivity index (χ1v) is 6.00. The molecule has 0 bridgehead atoms. The number of nitrogen functional groups attached to an aromatic ring is 1. The zero-order valence-electron chi connectivity index (χ0n) is 9.87. The summed E-state index contributed by atoms with van der Waals surface area (Å²) in [4.78, 5) is 0. The van der Waals surface area contributed by atoms with Crippen LogP contribution in [0.25, 0.3) is 0 Å². The van der Waals surface area contributed by atoms with E-state index < -0.39 is 0 Å². The third-order valence-electron chi connectivity index (χ3n) is 3.52. The number of benzene rings is 1. The Morgan fingerprint density at radius 2 is 2.25 bits per heavy atom. The van der Waals surface area contributed by atoms with Gasteiger partial charge in [0.2, 0.25) is 0 Å². The van der Waals surface area contributed by atoms with Gasteiger partial charge in [0.1, 0.15) is 0 Å². The smallest absolute Gasteiger partial charge is 0.0317 e. The van der Waals surface area contributed by atoms with Crippen LogP contribution in [0.15, 0.2) is 18.2 Å². The van der Waals surface area contributed by atoms with E-state index in [-0.39, 0.29) is 0 Å². The van der Waals surface area contributed by atoms with Gasteiger partial charge in [-0.2, -0.15) is 0 Å². The fourth-order valence-corrected chi connectivity index (χ4v) is 2.57. The van der Waals surface area contributed by atoms with Gasteiger partial charge in [0.05, 0.1) is 0 Å². The quantitative estimate of drug-likeness (QED) is 0.658. The first kappa shape index (κ1) is 11.4. The van der Waals surface area contributed by atoms with Crippen molar-refractivity contribution < 1.29 is 0 Å². The fourth-order valence-electron chi connectivity index (χ4n) is 2.57. The molecule has 0 saturated carbocycles. The van der Waals surface area contributed by atoms with E-state index in [1.54, 1.807) is 0 Å². The summed E-state index contributed by atoms with van der Waals surface area (Å²) < 4.78 is 0. The Morgan fingerprint density at radius 3 is 3.00 bits per heavy atom. The predicted molar refractivity (Wildman–Crippen MR) is 68.4 cm³/mol. The third-order valence-corrected chi connectivity index (χ3v) is 3.52. The van der Waals surface area contributed by atoms with E-state index in [4.69, 9.17) is 11.5 Å². The van der Waals surface area contributed by atoms with Crippen molar-refractivity contribution in [2.45, 2.75) is 31.7 Å². The lowest BCUT2D eigenvalue weighted by atomic mass is 9.84. The molecule has 0 spiro atoms. The highest BCUT2D eigenvalue weighted by Crippen LogP contribution is 2.30. The largest absolute Gasteiger partial charge is 0.399 e. The van der Waals surface area contributed by atoms with Gasteiger partial charge in [-0.05, 0) is 55.5 Å². The van der Waals surface area contributed by atoms with E-state index in [9.17, 15) is 0 Å². The van der Waals surface area contributed by atoms with Gasteiger partial charge in [0.25, 0.3) is 0 Å². The Bertz CT molecular complexity index is 362. The SMILES string of the molecule is Cc1ccc(N)cc1C1CCNC(CN)C1. The molecule has 1 saturated heterocycles. The Labute approximate surface area is 97.2 Å². The zero-order chi connectivity index (χ0) is 11.5. The fraction of sp³-hybridized carbons (Fsp3) is 0.538. The van der Waals surface area contributed by atoms with Crippen LogP contribution in [0, 0.1) is 6.92 Å². The number of nitrogens with one attached hydrogen (secondary N) is 1. The summed E-state index contributed by atoms with van der Waals surface area (Å²) in [5.74, 6) is 0.610. The van der Waals surface area contributed by atoms with Gasteiger partial charge in [0, 0.05) is 18.3 Å². The third kappa shape index (κ3) is 2.36. The van der Waals surface area contributed by atoms with Gasteiger partial charge in [-0.15, -0.1) is 0 Å². The molecule has 1 heterocycles. The minimum atomic E-state index is 0.458. The van der Waals surface area contributed by atoms with Crippen LogP contribution >= 0.6 is 0 Å². The van der Waals surface area contributed by atoms with Crippen molar-refractivity contribution >= 4 is 5.69 Å². The van der Waals surface area contributed by atoms with Crippen molar-refractivity contribution in [2.24, 2.45) is 5.73 Å². The molecule has 2 unspecified atom stereocenters. The first-order valence-electron chi connectivity index (χ1n) is 6.00. The molecule has 1 aromatic rings. The highest BCUT2D eigenvalue weighted by molar-refractivity contribution is 5.45. The molecule has 1 aliphatic heterocycles. The summed E-state index contributed by atoms with van der Waals surface area (Å²) in [7, 11) is 0. The summed E-state index contributed by atoms with van der Waals surface area (Å²) in [6, 6.07) is 6.67. The molecule has 0 radical (unpaired) electrons. The van der Waals surface area contributed by atoms with Crippen molar-refractivity contribution in [2.75, 3.05) is 18.8 Å². The molecule has 3 heteroatoms. The highest BCUT2D eigenvalue weighted by atomic mass is 14.9. The van der Waals surface area contributed by atoms with Gasteiger partial charge in [-0.1, -0.05) is 6.07 Å². The van der Waals surface area contributed by atoms with Crippen LogP contribution in [0.5, 0.6) is 0 Å². The number of piperidine rings is 1. The van der Waals surface area contributed by atoms with Crippen LogP contribution in [0.1, 0.15) is 29.9 Å². The van der Waals surface area contributed by atoms with Crippen LogP contribution < -0.4 is 16.8 Å². The van der Waals surface area contributed by atoms with Crippen LogP contribution in [0.4, 0.5) is 5.69 Å². The summed E-state index contributed by atoms with van der Waals surface area (Å²) in [6.45, 7) is 3.94. The maximum Gasteiger partial charge on any atom is 0.0317 e. The van der Waals surface area contributed by atoms with E-state index in [1.807, 2.05) is 6.07 Å². The Balaban J connectivity index is 2.19. The molecule has 1 fully saturated rings. The number of nitrogens with two attached hydrogens (primary N) is 2. The summed E-state index contributed by atoms with van der Waals surface area (Å²) >= 11 is 0. The number of hydrogen-bond acceptors (Lipinski definition) is 3. The molecule has 2 atom stereocenters. The van der Waals surface area contributed by atoms with Gasteiger partial charge in [0.15, 0.2) is 0 Å². The lowest BCUT2D eigenvalue weighted by molar-refractivity contribution is 0.366. The lowest BCUT2D eigenvalue weighted by Crippen LogP contribution is -2.42. The minimum Gasteiger partial charge on any atom is -0.399 e. The summed E-state index contributed by atoms with van der Waals surface area (Å²) in [5.41, 5.74) is 15.2. The van der Waals surface area contributed by atoms with Gasteiger partial charge in [-0.3, -0.25) is 0 Å². The van der Waals surface area contributed by atoms with E-state index >= 15 is 0 Å². The van der Waals surface area contributed by atoms with Gasteiger partial charge in [-0.25, -0.2) is 0 Å². The molecule has 0 amide bonds. The highest BCUT2D eigenvalue weighted by Gasteiger charge is 2.22. The monoisotopic (exact) mass is 219 g/mol. The second-order valence-corrected chi connectivity index (χ2v) is 4.72. The molecule has 0 aliphatic carbocycles. The Kier molecular flexibility index (Phi) is 3.46. The average Bonchev–Trinajstić information content (AvgIpc) is 2.32. The predicted octanol–water partition coefficient (Wildman–Crippen LogP) is 1.37. The molecule has 1 aromatic carbocycles. The summed E-state index contributed by atoms with van der Waals surface area (Å²) in [6.07, 6.45) is 2.31. The molecule has 88 valence electrons. The normalized spacial score (nSPS) is 25.6. The number of rotatable bonds is 2. The molecular formula is C13H21N3. The maximum atomic E-state index is 5.86. The number of anilines is 1. The molecule has 16 heavy (non-hydrogen) atoms. The molecular weight excluding hydrogens is 198 g/mol. The van der Waals surface area contributed by atoms with Crippen molar-refractivity contribution in [3.8, 4) is 0 Å². The van der Waals surface area contributed by atoms with Crippen LogP contribution in [0.2, 0.25) is 0 Å². The van der Waals surface area contributed by atoms with E-state index in [2.05, 4.69) is 24.4 Å². The molecule has 0 aromatic heterocycles. The van der Waals surface area contributed by atoms with Crippen molar-refractivity contribution in [1.29, 1.82) is 0 Å². The Morgan fingerprint density at radius 1 is 1.44 bits per heavy atom. The Hall–Kier alpha value is -1.06. The zero-order valence-corrected chi connectivity index (χ0v) is 9.87. The van der Waals surface area contributed by atoms with E-state index in [0.29, 0.717) is 12.0 Å². The topological polar surface area (TPSA) is 64.1 Å². The summed E-state index contributed by atoms with van der Waals surface area (Å²) in [5, 5.41) is 3.45. The van der Waals surface area contributed by atoms with Crippen molar-refractivity contribution in [3.63, 3.8) is 0 Å². The van der Waals surface area contributed by atoms with Gasteiger partial charge >= 0.3 is 0 Å². The van der Waals surface area contributed by atoms with Crippen molar-refractivity contribution in [1.82, 2.24) is 5.32 Å². The van der Waals surface area contributed by atoms with E-state index in [1.165, 1.54) is 17.5 Å². The van der Waals surface area contributed by atoms with Crippen LogP contribution in [-0.4, -0.2) is 19.1 Å².